The molecule has 0 fully saturated rings. The van der Waals surface area contributed by atoms with Gasteiger partial charge in [-0.1, -0.05) is 28.9 Å². The van der Waals surface area contributed by atoms with Crippen LogP contribution in [0.3, 0.4) is 0 Å². The summed E-state index contributed by atoms with van der Waals surface area (Å²) in [5.74, 6) is 1.85. The van der Waals surface area contributed by atoms with Crippen molar-refractivity contribution in [1.29, 1.82) is 0 Å². The van der Waals surface area contributed by atoms with Crippen LogP contribution in [0.15, 0.2) is 39.0 Å². The second-order valence-electron chi connectivity index (χ2n) is 3.11. The van der Waals surface area contributed by atoms with Crippen LogP contribution < -0.4 is 0 Å². The fourth-order valence-electron chi connectivity index (χ4n) is 1.13. The van der Waals surface area contributed by atoms with Crippen molar-refractivity contribution >= 4 is 43.9 Å². The van der Waals surface area contributed by atoms with Gasteiger partial charge in [-0.3, -0.25) is 0 Å². The SMILES string of the molecule is O=S(=O)(N=S(CCCl)CCCl)c1ccccc1. The molecule has 3 nitrogen and oxygen atoms in total. The van der Waals surface area contributed by atoms with Crippen LogP contribution in [-0.2, 0) is 20.7 Å². The van der Waals surface area contributed by atoms with Crippen LogP contribution in [0.5, 0.6) is 0 Å². The molecule has 0 radical (unpaired) electrons. The Labute approximate surface area is 114 Å². The van der Waals surface area contributed by atoms with Gasteiger partial charge >= 0.3 is 0 Å². The van der Waals surface area contributed by atoms with Gasteiger partial charge in [0.2, 0.25) is 0 Å². The summed E-state index contributed by atoms with van der Waals surface area (Å²) in [7, 11) is -4.21. The minimum atomic E-state index is -3.58. The second-order valence-corrected chi connectivity index (χ2v) is 7.63. The second kappa shape index (κ2) is 7.36. The van der Waals surface area contributed by atoms with Gasteiger partial charge in [0, 0.05) is 23.3 Å². The van der Waals surface area contributed by atoms with E-state index in [2.05, 4.69) is 3.77 Å². The minimum Gasteiger partial charge on any atom is -0.199 e. The molecule has 0 spiro atoms. The minimum absolute atomic E-state index is 0.210. The molecule has 0 saturated carbocycles. The Hall–Kier alpha value is -0.100. The van der Waals surface area contributed by atoms with E-state index in [1.165, 1.54) is 12.1 Å². The summed E-state index contributed by atoms with van der Waals surface area (Å²) in [6.45, 7) is 0. The maximum atomic E-state index is 11.9. The van der Waals surface area contributed by atoms with E-state index in [1.54, 1.807) is 18.2 Å². The number of benzene rings is 1. The van der Waals surface area contributed by atoms with Crippen molar-refractivity contribution < 1.29 is 8.42 Å². The molecular formula is C10H13Cl2NO2S2. The van der Waals surface area contributed by atoms with Gasteiger partial charge in [-0.05, 0) is 12.1 Å². The first-order valence-corrected chi connectivity index (χ1v) is 8.95. The average Bonchev–Trinajstić information content (AvgIpc) is 2.30. The molecule has 1 aromatic carbocycles. The zero-order valence-electron chi connectivity index (χ0n) is 9.05. The number of rotatable bonds is 6. The summed E-state index contributed by atoms with van der Waals surface area (Å²) in [5.41, 5.74) is 0. The Morgan fingerprint density at radius 2 is 1.59 bits per heavy atom. The lowest BCUT2D eigenvalue weighted by atomic mass is 10.4. The molecule has 96 valence electrons. The fraction of sp³-hybridized carbons (Fsp3) is 0.400. The Balaban J connectivity index is 3.01. The van der Waals surface area contributed by atoms with E-state index in [-0.39, 0.29) is 4.90 Å². The van der Waals surface area contributed by atoms with Crippen molar-refractivity contribution in [3.8, 4) is 0 Å². The summed E-state index contributed by atoms with van der Waals surface area (Å²) in [6.07, 6.45) is 0. The van der Waals surface area contributed by atoms with E-state index in [4.69, 9.17) is 23.2 Å². The van der Waals surface area contributed by atoms with Gasteiger partial charge in [0.05, 0.1) is 4.90 Å². The Bertz CT molecular complexity index is 466. The van der Waals surface area contributed by atoms with Crippen molar-refractivity contribution in [2.75, 3.05) is 23.3 Å². The molecule has 1 aromatic rings. The fourth-order valence-corrected chi connectivity index (χ4v) is 5.31. The highest BCUT2D eigenvalue weighted by atomic mass is 35.5. The van der Waals surface area contributed by atoms with E-state index in [0.717, 1.165) is 0 Å². The monoisotopic (exact) mass is 313 g/mol. The molecule has 17 heavy (non-hydrogen) atoms. The molecule has 0 aromatic heterocycles. The van der Waals surface area contributed by atoms with Crippen LogP contribution in [0.25, 0.3) is 0 Å². The molecule has 7 heteroatoms. The Kier molecular flexibility index (Phi) is 6.48. The maximum Gasteiger partial charge on any atom is 0.287 e. The summed E-state index contributed by atoms with van der Waals surface area (Å²) in [5, 5.41) is 0. The third-order valence-corrected chi connectivity index (χ3v) is 6.54. The van der Waals surface area contributed by atoms with Crippen molar-refractivity contribution in [3.63, 3.8) is 0 Å². The van der Waals surface area contributed by atoms with Gasteiger partial charge in [-0.15, -0.1) is 27.0 Å². The molecule has 0 heterocycles. The maximum absolute atomic E-state index is 11.9. The summed E-state index contributed by atoms with van der Waals surface area (Å²) in [6, 6.07) is 8.16. The first kappa shape index (κ1) is 15.0. The number of sulfonamides is 1. The van der Waals surface area contributed by atoms with Crippen LogP contribution in [0.2, 0.25) is 0 Å². The lowest BCUT2D eigenvalue weighted by Gasteiger charge is -2.04. The molecule has 0 saturated heterocycles. The third kappa shape index (κ3) is 4.95. The quantitative estimate of drug-likeness (QED) is 0.758. The van der Waals surface area contributed by atoms with Crippen molar-refractivity contribution in [1.82, 2.24) is 0 Å². The lowest BCUT2D eigenvalue weighted by Crippen LogP contribution is -2.08. The number of halogens is 2. The molecule has 0 amide bonds. The number of hydrogen-bond acceptors (Lipinski definition) is 2. The van der Waals surface area contributed by atoms with Gasteiger partial charge in [-0.25, -0.2) is 0 Å². The highest BCUT2D eigenvalue weighted by Crippen LogP contribution is 2.13. The molecule has 0 aliphatic heterocycles. The molecule has 1 rings (SSSR count). The highest BCUT2D eigenvalue weighted by molar-refractivity contribution is 8.00. The molecule has 0 N–H and O–H groups in total. The van der Waals surface area contributed by atoms with E-state index >= 15 is 0 Å². The largest absolute Gasteiger partial charge is 0.287 e. The van der Waals surface area contributed by atoms with Gasteiger partial charge in [0.15, 0.2) is 0 Å². The number of nitrogens with zero attached hydrogens (tertiary/aromatic N) is 1. The van der Waals surface area contributed by atoms with E-state index in [1.807, 2.05) is 0 Å². The van der Waals surface area contributed by atoms with Gasteiger partial charge in [0.1, 0.15) is 0 Å². The van der Waals surface area contributed by atoms with Crippen molar-refractivity contribution in [2.24, 2.45) is 3.77 Å². The Morgan fingerprint density at radius 1 is 1.06 bits per heavy atom. The van der Waals surface area contributed by atoms with Crippen LogP contribution in [-0.4, -0.2) is 31.7 Å². The first-order chi connectivity index (χ1) is 8.10. The van der Waals surface area contributed by atoms with Crippen LogP contribution in [0, 0.1) is 0 Å². The molecule has 0 aliphatic rings. The van der Waals surface area contributed by atoms with Crippen LogP contribution in [0.1, 0.15) is 0 Å². The van der Waals surface area contributed by atoms with E-state index < -0.39 is 20.7 Å². The number of alkyl halides is 2. The van der Waals surface area contributed by atoms with Gasteiger partial charge in [-0.2, -0.15) is 8.42 Å². The van der Waals surface area contributed by atoms with E-state index in [9.17, 15) is 8.42 Å². The van der Waals surface area contributed by atoms with Gasteiger partial charge in [0.25, 0.3) is 10.0 Å². The summed E-state index contributed by atoms with van der Waals surface area (Å²) >= 11 is 11.2. The standard InChI is InChI=1S/C10H13Cl2NO2S2/c11-6-8-16(9-7-12)13-17(14,15)10-4-2-1-3-5-10/h1-5H,6-9H2. The first-order valence-electron chi connectivity index (χ1n) is 4.93. The molecule has 0 bridgehead atoms. The molecular weight excluding hydrogens is 301 g/mol. The predicted octanol–water partition coefficient (Wildman–Crippen LogP) is 2.65. The molecule has 0 aliphatic carbocycles. The van der Waals surface area contributed by atoms with Gasteiger partial charge < -0.3 is 0 Å². The number of hydrogen-bond donors (Lipinski definition) is 0. The lowest BCUT2D eigenvalue weighted by molar-refractivity contribution is 0.598. The average molecular weight is 314 g/mol. The van der Waals surface area contributed by atoms with E-state index in [0.29, 0.717) is 23.3 Å². The zero-order valence-corrected chi connectivity index (χ0v) is 12.2. The topological polar surface area (TPSA) is 46.5 Å². The molecule has 0 atom stereocenters. The normalized spacial score (nSPS) is 11.7. The molecule has 0 unspecified atom stereocenters. The highest BCUT2D eigenvalue weighted by Gasteiger charge is 2.12. The van der Waals surface area contributed by atoms with Crippen LogP contribution >= 0.6 is 23.2 Å². The summed E-state index contributed by atoms with van der Waals surface area (Å²) in [4.78, 5) is 0.210. The smallest absolute Gasteiger partial charge is 0.199 e. The Morgan fingerprint density at radius 3 is 2.06 bits per heavy atom. The summed E-state index contributed by atoms with van der Waals surface area (Å²) < 4.78 is 27.8. The zero-order chi connectivity index (χ0) is 12.7. The van der Waals surface area contributed by atoms with Crippen molar-refractivity contribution in [3.05, 3.63) is 30.3 Å². The predicted molar refractivity (Wildman–Crippen MR) is 74.6 cm³/mol. The third-order valence-electron chi connectivity index (χ3n) is 1.87. The van der Waals surface area contributed by atoms with Crippen LogP contribution in [0.4, 0.5) is 0 Å². The van der Waals surface area contributed by atoms with Crippen molar-refractivity contribution in [2.45, 2.75) is 4.90 Å².